The third-order valence-corrected chi connectivity index (χ3v) is 4.68. The molecule has 0 unspecified atom stereocenters. The molecular weight excluding hydrogens is 266 g/mol. The van der Waals surface area contributed by atoms with Gasteiger partial charge in [0.05, 0.1) is 18.5 Å². The Bertz CT molecular complexity index is 492. The average molecular weight is 291 g/mol. The maximum atomic E-state index is 11.9. The van der Waals surface area contributed by atoms with Crippen molar-refractivity contribution in [3.05, 3.63) is 17.5 Å². The Morgan fingerprint density at radius 2 is 2.10 bits per heavy atom. The summed E-state index contributed by atoms with van der Waals surface area (Å²) in [6.07, 6.45) is 7.23. The summed E-state index contributed by atoms with van der Waals surface area (Å²) in [5, 5.41) is 7.73. The summed E-state index contributed by atoms with van der Waals surface area (Å²) in [4.78, 5) is 11.9. The molecule has 0 bridgehead atoms. The van der Waals surface area contributed by atoms with E-state index < -0.39 is 0 Å². The van der Waals surface area contributed by atoms with Crippen LogP contribution >= 0.6 is 0 Å². The van der Waals surface area contributed by atoms with Crippen molar-refractivity contribution < 1.29 is 9.53 Å². The van der Waals surface area contributed by atoms with Crippen LogP contribution in [0.5, 0.6) is 0 Å². The van der Waals surface area contributed by atoms with Gasteiger partial charge in [0.15, 0.2) is 0 Å². The van der Waals surface area contributed by atoms with Crippen molar-refractivity contribution in [1.82, 2.24) is 15.1 Å². The lowest BCUT2D eigenvalue weighted by Gasteiger charge is -2.16. The van der Waals surface area contributed by atoms with Gasteiger partial charge in [-0.2, -0.15) is 5.10 Å². The molecule has 3 rings (SSSR count). The van der Waals surface area contributed by atoms with Crippen LogP contribution in [0.4, 0.5) is 0 Å². The Kier molecular flexibility index (Phi) is 4.29. The molecule has 2 fully saturated rings. The first-order chi connectivity index (χ1) is 10.2. The highest BCUT2D eigenvalue weighted by molar-refractivity contribution is 5.90. The quantitative estimate of drug-likeness (QED) is 0.745. The number of hydrogen-bond donors (Lipinski definition) is 1. The van der Waals surface area contributed by atoms with E-state index in [9.17, 15) is 4.79 Å². The molecule has 0 aromatic carbocycles. The van der Waals surface area contributed by atoms with Crippen LogP contribution in [0, 0.1) is 17.8 Å². The van der Waals surface area contributed by atoms with E-state index in [-0.39, 0.29) is 5.97 Å². The van der Waals surface area contributed by atoms with E-state index in [1.54, 1.807) is 10.9 Å². The van der Waals surface area contributed by atoms with Crippen molar-refractivity contribution in [2.24, 2.45) is 24.8 Å². The predicted octanol–water partition coefficient (Wildman–Crippen LogP) is 2.12. The smallest absolute Gasteiger partial charge is 0.341 e. The predicted molar refractivity (Wildman–Crippen MR) is 79.8 cm³/mol. The second-order valence-electron chi connectivity index (χ2n) is 6.32. The van der Waals surface area contributed by atoms with E-state index in [4.69, 9.17) is 4.74 Å². The molecule has 2 aliphatic carbocycles. The molecule has 0 radical (unpaired) electrons. The van der Waals surface area contributed by atoms with Gasteiger partial charge in [-0.25, -0.2) is 4.79 Å². The minimum absolute atomic E-state index is 0.275. The molecule has 21 heavy (non-hydrogen) atoms. The number of rotatable bonds is 8. The number of nitrogens with one attached hydrogen (secondary N) is 1. The highest BCUT2D eigenvalue weighted by atomic mass is 16.5. The van der Waals surface area contributed by atoms with E-state index in [0.29, 0.717) is 18.7 Å². The minimum atomic E-state index is -0.275. The zero-order valence-electron chi connectivity index (χ0n) is 13.0. The van der Waals surface area contributed by atoms with Gasteiger partial charge in [-0.1, -0.05) is 0 Å². The third kappa shape index (κ3) is 3.46. The first-order valence-electron chi connectivity index (χ1n) is 8.09. The molecule has 5 heteroatoms. The van der Waals surface area contributed by atoms with Crippen molar-refractivity contribution in [3.63, 3.8) is 0 Å². The van der Waals surface area contributed by atoms with E-state index in [1.165, 1.54) is 25.7 Å². The monoisotopic (exact) mass is 291 g/mol. The lowest BCUT2D eigenvalue weighted by molar-refractivity contribution is 0.0524. The fraction of sp³-hybridized carbons (Fsp3) is 0.750. The normalized spacial score (nSPS) is 18.2. The Balaban J connectivity index is 1.56. The van der Waals surface area contributed by atoms with Gasteiger partial charge in [0.1, 0.15) is 5.56 Å². The van der Waals surface area contributed by atoms with Gasteiger partial charge in [0, 0.05) is 13.6 Å². The lowest BCUT2D eigenvalue weighted by atomic mass is 9.98. The van der Waals surface area contributed by atoms with E-state index in [0.717, 1.165) is 30.0 Å². The molecule has 116 valence electrons. The van der Waals surface area contributed by atoms with Gasteiger partial charge < -0.3 is 10.1 Å². The number of aryl methyl sites for hydroxylation is 1. The molecule has 1 aromatic heterocycles. The van der Waals surface area contributed by atoms with Crippen LogP contribution in [-0.2, 0) is 18.3 Å². The molecule has 0 amide bonds. The van der Waals surface area contributed by atoms with Crippen molar-refractivity contribution >= 4 is 5.97 Å². The summed E-state index contributed by atoms with van der Waals surface area (Å²) in [5.41, 5.74) is 1.50. The van der Waals surface area contributed by atoms with Gasteiger partial charge in [0.2, 0.25) is 0 Å². The van der Waals surface area contributed by atoms with Crippen LogP contribution < -0.4 is 5.32 Å². The number of carbonyl (C=O) groups is 1. The van der Waals surface area contributed by atoms with Crippen LogP contribution in [0.1, 0.15) is 48.7 Å². The van der Waals surface area contributed by atoms with Crippen molar-refractivity contribution in [2.45, 2.75) is 39.2 Å². The number of ether oxygens (including phenoxy) is 1. The number of nitrogens with zero attached hydrogens (tertiary/aromatic N) is 2. The molecular formula is C16H25N3O2. The maximum absolute atomic E-state index is 11.9. The van der Waals surface area contributed by atoms with Crippen LogP contribution in [0.15, 0.2) is 6.20 Å². The lowest BCUT2D eigenvalue weighted by Crippen LogP contribution is -2.27. The number of carbonyl (C=O) groups excluding carboxylic acids is 1. The van der Waals surface area contributed by atoms with Crippen LogP contribution in [0.2, 0.25) is 0 Å². The molecule has 0 aliphatic heterocycles. The van der Waals surface area contributed by atoms with Crippen LogP contribution in [0.25, 0.3) is 0 Å². The van der Waals surface area contributed by atoms with Gasteiger partial charge in [-0.05, 0) is 56.9 Å². The van der Waals surface area contributed by atoms with Gasteiger partial charge in [-0.3, -0.25) is 4.68 Å². The summed E-state index contributed by atoms with van der Waals surface area (Å²) in [7, 11) is 1.87. The zero-order chi connectivity index (χ0) is 14.8. The Hall–Kier alpha value is -1.36. The molecule has 0 spiro atoms. The molecule has 1 aromatic rings. The van der Waals surface area contributed by atoms with E-state index in [2.05, 4.69) is 10.4 Å². The second-order valence-corrected chi connectivity index (χ2v) is 6.32. The van der Waals surface area contributed by atoms with E-state index >= 15 is 0 Å². The molecule has 0 saturated heterocycles. The van der Waals surface area contributed by atoms with E-state index in [1.807, 2.05) is 14.0 Å². The second kappa shape index (κ2) is 6.18. The first-order valence-corrected chi connectivity index (χ1v) is 8.09. The van der Waals surface area contributed by atoms with Crippen LogP contribution in [0.3, 0.4) is 0 Å². The Morgan fingerprint density at radius 1 is 1.43 bits per heavy atom. The Morgan fingerprint density at radius 3 is 2.67 bits per heavy atom. The summed E-state index contributed by atoms with van der Waals surface area (Å²) in [6.45, 7) is 3.96. The topological polar surface area (TPSA) is 56.1 Å². The molecule has 1 heterocycles. The number of aromatic nitrogens is 2. The zero-order valence-corrected chi connectivity index (χ0v) is 13.0. The number of esters is 1. The third-order valence-electron chi connectivity index (χ3n) is 4.68. The fourth-order valence-corrected chi connectivity index (χ4v) is 3.18. The molecule has 1 N–H and O–H groups in total. The maximum Gasteiger partial charge on any atom is 0.341 e. The van der Waals surface area contributed by atoms with Crippen molar-refractivity contribution in [1.29, 1.82) is 0 Å². The largest absolute Gasteiger partial charge is 0.462 e. The summed E-state index contributed by atoms with van der Waals surface area (Å²) >= 11 is 0. The molecule has 0 atom stereocenters. The summed E-state index contributed by atoms with van der Waals surface area (Å²) in [5.74, 6) is 2.45. The van der Waals surface area contributed by atoms with Crippen LogP contribution in [-0.4, -0.2) is 28.9 Å². The first kappa shape index (κ1) is 14.6. The standard InChI is InChI=1S/C16H25N3O2/c1-3-21-16(20)14-9-18-19(2)15(14)10-17-8-13(11-4-5-11)12-6-7-12/h9,11-13,17H,3-8,10H2,1-2H3. The highest BCUT2D eigenvalue weighted by Gasteiger charge is 2.40. The van der Waals surface area contributed by atoms with Gasteiger partial charge in [0.25, 0.3) is 0 Å². The minimum Gasteiger partial charge on any atom is -0.462 e. The highest BCUT2D eigenvalue weighted by Crippen LogP contribution is 2.48. The SMILES string of the molecule is CCOC(=O)c1cnn(C)c1CNCC(C1CC1)C1CC1. The van der Waals surface area contributed by atoms with Gasteiger partial charge >= 0.3 is 5.97 Å². The molecule has 2 saturated carbocycles. The summed E-state index contributed by atoms with van der Waals surface area (Å²) < 4.78 is 6.85. The molecule has 5 nitrogen and oxygen atoms in total. The average Bonchev–Trinajstić information content (AvgIpc) is 3.35. The fourth-order valence-electron chi connectivity index (χ4n) is 3.18. The molecule has 2 aliphatic rings. The van der Waals surface area contributed by atoms with Crippen molar-refractivity contribution in [3.8, 4) is 0 Å². The van der Waals surface area contributed by atoms with Crippen molar-refractivity contribution in [2.75, 3.05) is 13.2 Å². The Labute approximate surface area is 126 Å². The van der Waals surface area contributed by atoms with Gasteiger partial charge in [-0.15, -0.1) is 0 Å². The number of hydrogen-bond acceptors (Lipinski definition) is 4. The summed E-state index contributed by atoms with van der Waals surface area (Å²) in [6, 6.07) is 0.